The number of halogens is 3. The molecule has 0 nitrogen and oxygen atoms in total. The van der Waals surface area contributed by atoms with Crippen molar-refractivity contribution in [3.63, 3.8) is 0 Å². The quantitative estimate of drug-likeness (QED) is 0.526. The zero-order valence-electron chi connectivity index (χ0n) is 4.74. The van der Waals surface area contributed by atoms with E-state index in [4.69, 9.17) is 23.2 Å². The van der Waals surface area contributed by atoms with Gasteiger partial charge in [-0.25, -0.2) is 0 Å². The Kier molecular flexibility index (Phi) is 2.92. The first-order chi connectivity index (χ1) is 4.63. The lowest BCUT2D eigenvalue weighted by Gasteiger charge is -2.00. The fraction of sp³-hybridized carbons (Fsp3) is 0. The van der Waals surface area contributed by atoms with Crippen LogP contribution in [0.25, 0.3) is 0 Å². The second kappa shape index (κ2) is 3.35. The maximum atomic E-state index is 5.73. The van der Waals surface area contributed by atoms with E-state index in [1.165, 1.54) is 0 Å². The Morgan fingerprint density at radius 1 is 1.20 bits per heavy atom. The van der Waals surface area contributed by atoms with E-state index < -0.39 is 0 Å². The molecule has 0 unspecified atom stereocenters. The fourth-order valence-electron chi connectivity index (χ4n) is 0.516. The third-order valence-electron chi connectivity index (χ3n) is 1.02. The van der Waals surface area contributed by atoms with E-state index in [1.54, 1.807) is 12.1 Å². The zero-order valence-corrected chi connectivity index (χ0v) is 8.73. The first kappa shape index (κ1) is 8.72. The summed E-state index contributed by atoms with van der Waals surface area (Å²) in [7, 11) is 0. The summed E-state index contributed by atoms with van der Waals surface area (Å²) in [5.74, 6) is 0. The number of thiol groups is 1. The van der Waals surface area contributed by atoms with Crippen molar-refractivity contribution in [2.24, 2.45) is 0 Å². The van der Waals surface area contributed by atoms with Crippen molar-refractivity contribution in [3.05, 3.63) is 26.7 Å². The highest BCUT2D eigenvalue weighted by atomic mass is 79.9. The topological polar surface area (TPSA) is 0 Å². The van der Waals surface area contributed by atoms with Crippen LogP contribution in [0, 0.1) is 0 Å². The van der Waals surface area contributed by atoms with Crippen molar-refractivity contribution in [3.8, 4) is 0 Å². The van der Waals surface area contributed by atoms with E-state index in [2.05, 4.69) is 28.6 Å². The molecule has 0 aliphatic rings. The Hall–Kier alpha value is 0.630. The summed E-state index contributed by atoms with van der Waals surface area (Å²) < 4.78 is 0.741. The molecule has 0 atom stereocenters. The van der Waals surface area contributed by atoms with Gasteiger partial charge in [0.15, 0.2) is 0 Å². The monoisotopic (exact) mass is 256 g/mol. The molecule has 0 aliphatic heterocycles. The van der Waals surface area contributed by atoms with Gasteiger partial charge >= 0.3 is 0 Å². The normalized spacial score (nSPS) is 10.0. The van der Waals surface area contributed by atoms with Crippen molar-refractivity contribution in [2.45, 2.75) is 4.90 Å². The van der Waals surface area contributed by atoms with Gasteiger partial charge in [-0.2, -0.15) is 0 Å². The molecule has 1 aromatic carbocycles. The van der Waals surface area contributed by atoms with E-state index in [0.717, 1.165) is 4.47 Å². The van der Waals surface area contributed by atoms with Gasteiger partial charge in [0.05, 0.1) is 14.5 Å². The SMILES string of the molecule is Sc1c(Cl)ccc(Cl)c1Br. The third kappa shape index (κ3) is 1.62. The van der Waals surface area contributed by atoms with Crippen LogP contribution in [-0.2, 0) is 0 Å². The second-order valence-corrected chi connectivity index (χ2v) is 3.75. The molecular weight excluding hydrogens is 255 g/mol. The smallest absolute Gasteiger partial charge is 0.0560 e. The van der Waals surface area contributed by atoms with Gasteiger partial charge in [0, 0.05) is 4.90 Å². The van der Waals surface area contributed by atoms with Gasteiger partial charge in [0.1, 0.15) is 0 Å². The maximum absolute atomic E-state index is 5.73. The van der Waals surface area contributed by atoms with Gasteiger partial charge in [-0.15, -0.1) is 12.6 Å². The molecule has 0 heterocycles. The molecule has 0 bridgehead atoms. The summed E-state index contributed by atoms with van der Waals surface area (Å²) in [5, 5.41) is 1.22. The molecule has 0 saturated carbocycles. The Morgan fingerprint density at radius 2 is 1.70 bits per heavy atom. The Balaban J connectivity index is 3.34. The van der Waals surface area contributed by atoms with E-state index in [0.29, 0.717) is 14.9 Å². The average molecular weight is 258 g/mol. The lowest BCUT2D eigenvalue weighted by Crippen LogP contribution is -1.73. The first-order valence-corrected chi connectivity index (χ1v) is 4.45. The highest BCUT2D eigenvalue weighted by Gasteiger charge is 2.03. The standard InChI is InChI=1S/C6H3BrCl2S/c7-5-3(8)1-2-4(9)6(5)10/h1-2,10H. The molecular formula is C6H3BrCl2S. The summed E-state index contributed by atoms with van der Waals surface area (Å²) >= 11 is 18.8. The van der Waals surface area contributed by atoms with E-state index in [1.807, 2.05) is 0 Å². The van der Waals surface area contributed by atoms with Gasteiger partial charge < -0.3 is 0 Å². The highest BCUT2D eigenvalue weighted by molar-refractivity contribution is 9.10. The van der Waals surface area contributed by atoms with Gasteiger partial charge in [0.25, 0.3) is 0 Å². The number of rotatable bonds is 0. The van der Waals surface area contributed by atoms with Crippen LogP contribution < -0.4 is 0 Å². The van der Waals surface area contributed by atoms with Crippen LogP contribution in [0.1, 0.15) is 0 Å². The van der Waals surface area contributed by atoms with Crippen LogP contribution in [-0.4, -0.2) is 0 Å². The van der Waals surface area contributed by atoms with E-state index >= 15 is 0 Å². The molecule has 1 aromatic rings. The van der Waals surface area contributed by atoms with Gasteiger partial charge in [-0.3, -0.25) is 0 Å². The second-order valence-electron chi connectivity index (χ2n) is 1.69. The minimum absolute atomic E-state index is 0.597. The van der Waals surface area contributed by atoms with E-state index in [-0.39, 0.29) is 0 Å². The van der Waals surface area contributed by atoms with Crippen molar-refractivity contribution in [2.75, 3.05) is 0 Å². The van der Waals surface area contributed by atoms with Gasteiger partial charge in [0.2, 0.25) is 0 Å². The Bertz CT molecular complexity index is 235. The van der Waals surface area contributed by atoms with Crippen LogP contribution in [0.4, 0.5) is 0 Å². The molecule has 0 fully saturated rings. The molecule has 54 valence electrons. The molecule has 4 heteroatoms. The Labute approximate surface area is 83.1 Å². The van der Waals surface area contributed by atoms with E-state index in [9.17, 15) is 0 Å². The lowest BCUT2D eigenvalue weighted by atomic mass is 10.4. The van der Waals surface area contributed by atoms with Crippen molar-refractivity contribution >= 4 is 51.8 Å². The maximum Gasteiger partial charge on any atom is 0.0560 e. The summed E-state index contributed by atoms with van der Waals surface area (Å²) in [5.41, 5.74) is 0. The molecule has 0 saturated heterocycles. The minimum atomic E-state index is 0.597. The highest BCUT2D eigenvalue weighted by Crippen LogP contribution is 2.33. The average Bonchev–Trinajstić information content (AvgIpc) is 1.93. The van der Waals surface area contributed by atoms with Crippen LogP contribution >= 0.6 is 51.8 Å². The van der Waals surface area contributed by atoms with Crippen LogP contribution in [0.2, 0.25) is 10.0 Å². The van der Waals surface area contributed by atoms with Crippen molar-refractivity contribution < 1.29 is 0 Å². The predicted molar refractivity (Wildman–Crippen MR) is 51.4 cm³/mol. The molecule has 10 heavy (non-hydrogen) atoms. The summed E-state index contributed by atoms with van der Waals surface area (Å²) in [4.78, 5) is 0.675. The largest absolute Gasteiger partial charge is 0.141 e. The van der Waals surface area contributed by atoms with Gasteiger partial charge in [-0.1, -0.05) is 23.2 Å². The minimum Gasteiger partial charge on any atom is -0.141 e. The fourth-order valence-corrected chi connectivity index (χ4v) is 1.55. The zero-order chi connectivity index (χ0) is 7.72. The summed E-state index contributed by atoms with van der Waals surface area (Å²) in [6, 6.07) is 3.42. The molecule has 0 spiro atoms. The van der Waals surface area contributed by atoms with Crippen LogP contribution in [0.3, 0.4) is 0 Å². The van der Waals surface area contributed by atoms with Crippen LogP contribution in [0.15, 0.2) is 21.5 Å². The number of hydrogen-bond donors (Lipinski definition) is 1. The number of benzene rings is 1. The first-order valence-electron chi connectivity index (χ1n) is 2.45. The summed E-state index contributed by atoms with van der Waals surface area (Å²) in [6.07, 6.45) is 0. The molecule has 0 amide bonds. The lowest BCUT2D eigenvalue weighted by molar-refractivity contribution is 1.42. The van der Waals surface area contributed by atoms with Crippen molar-refractivity contribution in [1.29, 1.82) is 0 Å². The molecule has 0 N–H and O–H groups in total. The molecule has 0 aromatic heterocycles. The van der Waals surface area contributed by atoms with Crippen LogP contribution in [0.5, 0.6) is 0 Å². The van der Waals surface area contributed by atoms with Gasteiger partial charge in [-0.05, 0) is 28.1 Å². The van der Waals surface area contributed by atoms with Crippen molar-refractivity contribution in [1.82, 2.24) is 0 Å². The Morgan fingerprint density at radius 3 is 2.20 bits per heavy atom. The predicted octanol–water partition coefficient (Wildman–Crippen LogP) is 4.04. The molecule has 0 aliphatic carbocycles. The molecule has 1 rings (SSSR count). The molecule has 0 radical (unpaired) electrons. The summed E-state index contributed by atoms with van der Waals surface area (Å²) in [6.45, 7) is 0. The third-order valence-corrected chi connectivity index (χ3v) is 3.60. The number of hydrogen-bond acceptors (Lipinski definition) is 1.